The van der Waals surface area contributed by atoms with E-state index in [1.165, 1.54) is 0 Å². The molecule has 1 saturated carbocycles. The lowest BCUT2D eigenvalue weighted by molar-refractivity contribution is -0.125. The quantitative estimate of drug-likeness (QED) is 0.712. The lowest BCUT2D eigenvalue weighted by Gasteiger charge is -2.40. The number of benzene rings is 1. The van der Waals surface area contributed by atoms with Crippen molar-refractivity contribution in [2.45, 2.75) is 51.4 Å². The van der Waals surface area contributed by atoms with Crippen LogP contribution in [-0.4, -0.2) is 12.4 Å². The van der Waals surface area contributed by atoms with Crippen LogP contribution in [0.1, 0.15) is 51.5 Å². The molecule has 2 nitrogen and oxygen atoms in total. The highest BCUT2D eigenvalue weighted by Gasteiger charge is 2.42. The summed E-state index contributed by atoms with van der Waals surface area (Å²) in [5.74, 6) is 1.21. The molecule has 0 heterocycles. The first-order valence-corrected chi connectivity index (χ1v) is 6.93. The molecule has 0 spiro atoms. The highest BCUT2D eigenvalue weighted by Crippen LogP contribution is 2.44. The second-order valence-electron chi connectivity index (χ2n) is 5.22. The Morgan fingerprint density at radius 1 is 1.28 bits per heavy atom. The molecule has 1 aromatic carbocycles. The van der Waals surface area contributed by atoms with Crippen molar-refractivity contribution in [3.63, 3.8) is 0 Å². The zero-order valence-electron chi connectivity index (χ0n) is 11.4. The second-order valence-corrected chi connectivity index (χ2v) is 5.22. The van der Waals surface area contributed by atoms with E-state index in [0.717, 1.165) is 50.0 Å². The van der Waals surface area contributed by atoms with E-state index in [-0.39, 0.29) is 5.41 Å². The number of hydrogen-bond acceptors (Lipinski definition) is 2. The lowest BCUT2D eigenvalue weighted by Crippen LogP contribution is -2.40. The van der Waals surface area contributed by atoms with Gasteiger partial charge in [-0.2, -0.15) is 0 Å². The van der Waals surface area contributed by atoms with Crippen molar-refractivity contribution in [3.05, 3.63) is 29.8 Å². The van der Waals surface area contributed by atoms with E-state index in [0.29, 0.717) is 5.78 Å². The number of hydrogen-bond donors (Lipinski definition) is 0. The molecule has 1 fully saturated rings. The Kier molecular flexibility index (Phi) is 4.05. The number of carbonyl (C=O) groups excluding carboxylic acids is 1. The van der Waals surface area contributed by atoms with Crippen LogP contribution >= 0.6 is 0 Å². The van der Waals surface area contributed by atoms with Crippen LogP contribution in [0.3, 0.4) is 0 Å². The molecule has 0 saturated heterocycles. The first kappa shape index (κ1) is 13.1. The van der Waals surface area contributed by atoms with Gasteiger partial charge in [-0.3, -0.25) is 4.79 Å². The fraction of sp³-hybridized carbons (Fsp3) is 0.562. The summed E-state index contributed by atoms with van der Waals surface area (Å²) in [6.07, 6.45) is 5.38. The van der Waals surface area contributed by atoms with Crippen molar-refractivity contribution >= 4 is 5.78 Å². The summed E-state index contributed by atoms with van der Waals surface area (Å²) in [4.78, 5) is 11.8. The van der Waals surface area contributed by atoms with Gasteiger partial charge in [-0.25, -0.2) is 0 Å². The fourth-order valence-corrected chi connectivity index (χ4v) is 2.58. The number of ketones is 1. The number of unbranched alkanes of at least 4 members (excludes halogenated alkanes) is 1. The van der Waals surface area contributed by atoms with Crippen molar-refractivity contribution < 1.29 is 9.53 Å². The molecule has 2 heteroatoms. The Balaban J connectivity index is 2.05. The van der Waals surface area contributed by atoms with Gasteiger partial charge in [0.2, 0.25) is 0 Å². The van der Waals surface area contributed by atoms with Crippen LogP contribution in [0.15, 0.2) is 24.3 Å². The van der Waals surface area contributed by atoms with Gasteiger partial charge in [-0.1, -0.05) is 31.9 Å². The molecule has 2 rings (SSSR count). The summed E-state index contributed by atoms with van der Waals surface area (Å²) in [5.41, 5.74) is 0.964. The predicted octanol–water partition coefficient (Wildman–Crippen LogP) is 3.88. The lowest BCUT2D eigenvalue weighted by atomic mass is 9.62. The molecular formula is C16H22O2. The number of carbonyl (C=O) groups is 1. The second kappa shape index (κ2) is 5.55. The highest BCUT2D eigenvalue weighted by atomic mass is 16.5. The Hall–Kier alpha value is -1.31. The van der Waals surface area contributed by atoms with Crippen LogP contribution < -0.4 is 4.74 Å². The standard InChI is InChI=1S/C16H22O2/c1-3-4-12-18-15-8-6-14(7-9-15)16(13(2)17)10-5-11-16/h6-9H,3-5,10-12H2,1-2H3. The molecular weight excluding hydrogens is 224 g/mol. The maximum atomic E-state index is 11.8. The SMILES string of the molecule is CCCCOc1ccc(C2(C(C)=O)CCC2)cc1. The Bertz CT molecular complexity index is 402. The van der Waals surface area contributed by atoms with E-state index in [1.807, 2.05) is 12.1 Å². The van der Waals surface area contributed by atoms with Gasteiger partial charge in [-0.15, -0.1) is 0 Å². The van der Waals surface area contributed by atoms with Crippen LogP contribution in [0.25, 0.3) is 0 Å². The summed E-state index contributed by atoms with van der Waals surface area (Å²) in [7, 11) is 0. The van der Waals surface area contributed by atoms with E-state index < -0.39 is 0 Å². The molecule has 0 unspecified atom stereocenters. The number of rotatable bonds is 6. The minimum Gasteiger partial charge on any atom is -0.494 e. The third-order valence-corrected chi connectivity index (χ3v) is 4.05. The van der Waals surface area contributed by atoms with E-state index in [9.17, 15) is 4.79 Å². The van der Waals surface area contributed by atoms with E-state index in [4.69, 9.17) is 4.74 Å². The maximum absolute atomic E-state index is 11.8. The van der Waals surface area contributed by atoms with Crippen LogP contribution in [0.2, 0.25) is 0 Å². The molecule has 0 radical (unpaired) electrons. The van der Waals surface area contributed by atoms with Crippen LogP contribution in [-0.2, 0) is 10.2 Å². The molecule has 0 aromatic heterocycles. The number of ether oxygens (including phenoxy) is 1. The summed E-state index contributed by atoms with van der Waals surface area (Å²) in [5, 5.41) is 0. The van der Waals surface area contributed by atoms with Crippen LogP contribution in [0.4, 0.5) is 0 Å². The average molecular weight is 246 g/mol. The van der Waals surface area contributed by atoms with E-state index in [2.05, 4.69) is 19.1 Å². The van der Waals surface area contributed by atoms with Gasteiger partial charge in [0.05, 0.1) is 12.0 Å². The summed E-state index contributed by atoms with van der Waals surface area (Å²) >= 11 is 0. The normalized spacial score (nSPS) is 17.0. The van der Waals surface area contributed by atoms with Crippen LogP contribution in [0.5, 0.6) is 5.75 Å². The topological polar surface area (TPSA) is 26.3 Å². The third-order valence-electron chi connectivity index (χ3n) is 4.05. The average Bonchev–Trinajstić information content (AvgIpc) is 2.29. The van der Waals surface area contributed by atoms with Gasteiger partial charge in [0.1, 0.15) is 11.5 Å². The van der Waals surface area contributed by atoms with Crippen molar-refractivity contribution in [2.75, 3.05) is 6.61 Å². The van der Waals surface area contributed by atoms with E-state index >= 15 is 0 Å². The minimum absolute atomic E-state index is 0.193. The molecule has 0 atom stereocenters. The predicted molar refractivity (Wildman–Crippen MR) is 73.1 cm³/mol. The zero-order valence-corrected chi connectivity index (χ0v) is 11.4. The Morgan fingerprint density at radius 2 is 1.94 bits per heavy atom. The van der Waals surface area contributed by atoms with Crippen molar-refractivity contribution in [2.24, 2.45) is 0 Å². The fourth-order valence-electron chi connectivity index (χ4n) is 2.58. The van der Waals surface area contributed by atoms with Gasteiger partial charge < -0.3 is 4.74 Å². The molecule has 0 aliphatic heterocycles. The minimum atomic E-state index is -0.193. The number of Topliss-reactive ketones (excluding diaryl/α,β-unsaturated/α-hetero) is 1. The molecule has 98 valence electrons. The van der Waals surface area contributed by atoms with Crippen molar-refractivity contribution in [1.82, 2.24) is 0 Å². The smallest absolute Gasteiger partial charge is 0.140 e. The molecule has 1 aliphatic rings. The van der Waals surface area contributed by atoms with Gasteiger partial charge >= 0.3 is 0 Å². The van der Waals surface area contributed by atoms with Crippen LogP contribution in [0, 0.1) is 0 Å². The molecule has 1 aromatic rings. The molecule has 0 amide bonds. The first-order chi connectivity index (χ1) is 8.69. The summed E-state index contributed by atoms with van der Waals surface area (Å²) in [6.45, 7) is 4.64. The van der Waals surface area contributed by atoms with Gasteiger partial charge in [0.15, 0.2) is 0 Å². The summed E-state index contributed by atoms with van der Waals surface area (Å²) < 4.78 is 5.64. The first-order valence-electron chi connectivity index (χ1n) is 6.93. The summed E-state index contributed by atoms with van der Waals surface area (Å²) in [6, 6.07) is 8.10. The van der Waals surface area contributed by atoms with Crippen molar-refractivity contribution in [1.29, 1.82) is 0 Å². The monoisotopic (exact) mass is 246 g/mol. The maximum Gasteiger partial charge on any atom is 0.140 e. The van der Waals surface area contributed by atoms with Gasteiger partial charge in [-0.05, 0) is 43.9 Å². The third kappa shape index (κ3) is 2.43. The molecule has 0 bridgehead atoms. The molecule has 0 N–H and O–H groups in total. The largest absolute Gasteiger partial charge is 0.494 e. The van der Waals surface area contributed by atoms with Gasteiger partial charge in [0, 0.05) is 0 Å². The molecule has 1 aliphatic carbocycles. The molecule has 18 heavy (non-hydrogen) atoms. The zero-order chi connectivity index (χ0) is 13.0. The Labute approximate surface area is 109 Å². The highest BCUT2D eigenvalue weighted by molar-refractivity contribution is 5.89. The van der Waals surface area contributed by atoms with E-state index in [1.54, 1.807) is 6.92 Å². The van der Waals surface area contributed by atoms with Crippen molar-refractivity contribution in [3.8, 4) is 5.75 Å². The Morgan fingerprint density at radius 3 is 2.39 bits per heavy atom. The van der Waals surface area contributed by atoms with Gasteiger partial charge in [0.25, 0.3) is 0 Å².